The van der Waals surface area contributed by atoms with Crippen LogP contribution in [0.15, 0.2) is 37.3 Å². The van der Waals surface area contributed by atoms with Crippen LogP contribution in [0.3, 0.4) is 0 Å². The molecular weight excluding hydrogens is 394 g/mol. The van der Waals surface area contributed by atoms with Crippen LogP contribution in [0.4, 0.5) is 0 Å². The van der Waals surface area contributed by atoms with Gasteiger partial charge in [-0.1, -0.05) is 0 Å². The van der Waals surface area contributed by atoms with Gasteiger partial charge in [-0.2, -0.15) is 10.4 Å². The molecule has 0 aliphatic rings. The Hall–Kier alpha value is -3.78. The number of aryl methyl sites for hydroxylation is 1. The summed E-state index contributed by atoms with van der Waals surface area (Å²) >= 11 is 0. The lowest BCUT2D eigenvalue weighted by molar-refractivity contribution is 0.325. The lowest BCUT2D eigenvalue weighted by Gasteiger charge is -2.24. The molecule has 0 aromatic carbocycles. The fourth-order valence-corrected chi connectivity index (χ4v) is 3.33. The minimum atomic E-state index is -0.298. The van der Waals surface area contributed by atoms with Gasteiger partial charge in [0.2, 0.25) is 0 Å². The third-order valence-electron chi connectivity index (χ3n) is 4.82. The number of hydrogen-bond donors (Lipinski definition) is 1. The highest BCUT2D eigenvalue weighted by Crippen LogP contribution is 2.24. The highest BCUT2D eigenvalue weighted by molar-refractivity contribution is 5.53. The summed E-state index contributed by atoms with van der Waals surface area (Å²) in [5, 5.41) is 29.5. The number of rotatable bonds is 7. The van der Waals surface area contributed by atoms with Gasteiger partial charge in [0.05, 0.1) is 17.8 Å². The summed E-state index contributed by atoms with van der Waals surface area (Å²) in [6.45, 7) is 6.87. The first kappa shape index (κ1) is 20.5. The second kappa shape index (κ2) is 8.53. The standard InChI is InChI=1S/C20H23N11/c1-20(2,3)31-19(27-28-29-31)17(24-6-4-5-14-8-22-13-23-9-14)16-10-25-18-15(7-21)11-26-30(18)12-16/h8-13,17,24H,4-6H2,1-3H3. The average Bonchev–Trinajstić information content (AvgIpc) is 3.41. The maximum atomic E-state index is 9.22. The molecule has 11 nitrogen and oxygen atoms in total. The van der Waals surface area contributed by atoms with Gasteiger partial charge in [-0.3, -0.25) is 0 Å². The Kier molecular flexibility index (Phi) is 5.64. The number of fused-ring (bicyclic) bond motifs is 1. The van der Waals surface area contributed by atoms with Crippen LogP contribution in [-0.2, 0) is 12.0 Å². The van der Waals surface area contributed by atoms with E-state index in [1.165, 1.54) is 12.5 Å². The van der Waals surface area contributed by atoms with Gasteiger partial charge in [-0.05, 0) is 56.1 Å². The molecule has 0 amide bonds. The molecule has 158 valence electrons. The van der Waals surface area contributed by atoms with Gasteiger partial charge < -0.3 is 5.32 Å². The summed E-state index contributed by atoms with van der Waals surface area (Å²) < 4.78 is 3.42. The molecule has 0 saturated carbocycles. The van der Waals surface area contributed by atoms with Crippen molar-refractivity contribution in [2.24, 2.45) is 0 Å². The van der Waals surface area contributed by atoms with Crippen LogP contribution in [-0.4, -0.2) is 51.3 Å². The number of aromatic nitrogens is 9. The predicted molar refractivity (Wildman–Crippen MR) is 111 cm³/mol. The molecule has 0 bridgehead atoms. The highest BCUT2D eigenvalue weighted by Gasteiger charge is 2.27. The number of tetrazole rings is 1. The van der Waals surface area contributed by atoms with Crippen LogP contribution >= 0.6 is 0 Å². The molecule has 1 atom stereocenters. The van der Waals surface area contributed by atoms with E-state index in [4.69, 9.17) is 0 Å². The maximum Gasteiger partial charge on any atom is 0.173 e. The zero-order valence-electron chi connectivity index (χ0n) is 17.6. The SMILES string of the molecule is CC(C)(C)n1nnnc1C(NCCCc1cncnc1)c1cnc2c(C#N)cnn2c1. The predicted octanol–water partition coefficient (Wildman–Crippen LogP) is 1.44. The Bertz CT molecular complexity index is 1200. The van der Waals surface area contributed by atoms with Crippen LogP contribution in [0.2, 0.25) is 0 Å². The van der Waals surface area contributed by atoms with Crippen LogP contribution in [0.5, 0.6) is 0 Å². The van der Waals surface area contributed by atoms with E-state index in [0.717, 1.165) is 30.5 Å². The van der Waals surface area contributed by atoms with Gasteiger partial charge in [0.25, 0.3) is 0 Å². The lowest BCUT2D eigenvalue weighted by Crippen LogP contribution is -2.32. The number of hydrogen-bond acceptors (Lipinski definition) is 9. The molecule has 4 aromatic rings. The topological polar surface area (TPSA) is 135 Å². The molecule has 0 spiro atoms. The molecule has 0 radical (unpaired) electrons. The van der Waals surface area contributed by atoms with Crippen LogP contribution in [0.25, 0.3) is 5.65 Å². The first-order valence-electron chi connectivity index (χ1n) is 9.97. The third kappa shape index (κ3) is 4.39. The van der Waals surface area contributed by atoms with Crippen molar-refractivity contribution in [1.82, 2.24) is 50.1 Å². The zero-order chi connectivity index (χ0) is 21.8. The maximum absolute atomic E-state index is 9.22. The van der Waals surface area contributed by atoms with Crippen molar-refractivity contribution in [3.8, 4) is 6.07 Å². The first-order valence-corrected chi connectivity index (χ1v) is 9.97. The molecular formula is C20H23N11. The minimum Gasteiger partial charge on any atom is -0.303 e. The Morgan fingerprint density at radius 1 is 1.16 bits per heavy atom. The molecule has 1 unspecified atom stereocenters. The quantitative estimate of drug-likeness (QED) is 0.443. The van der Waals surface area contributed by atoms with Gasteiger partial charge in [-0.25, -0.2) is 24.1 Å². The Balaban J connectivity index is 1.61. The Morgan fingerprint density at radius 3 is 2.71 bits per heavy atom. The van der Waals surface area contributed by atoms with Crippen molar-refractivity contribution in [2.75, 3.05) is 6.54 Å². The van der Waals surface area contributed by atoms with Crippen molar-refractivity contribution in [2.45, 2.75) is 45.2 Å². The monoisotopic (exact) mass is 417 g/mol. The average molecular weight is 417 g/mol. The van der Waals surface area contributed by atoms with E-state index < -0.39 is 0 Å². The second-order valence-corrected chi connectivity index (χ2v) is 8.18. The molecule has 4 heterocycles. The summed E-state index contributed by atoms with van der Waals surface area (Å²) in [5.41, 5.74) is 2.59. The van der Waals surface area contributed by atoms with Crippen LogP contribution in [0.1, 0.15) is 55.7 Å². The second-order valence-electron chi connectivity index (χ2n) is 8.18. The van der Waals surface area contributed by atoms with Crippen molar-refractivity contribution >= 4 is 5.65 Å². The third-order valence-corrected chi connectivity index (χ3v) is 4.82. The van der Waals surface area contributed by atoms with Crippen LogP contribution in [0, 0.1) is 11.3 Å². The van der Waals surface area contributed by atoms with Crippen LogP contribution < -0.4 is 5.32 Å². The highest BCUT2D eigenvalue weighted by atomic mass is 15.6. The molecule has 0 aliphatic heterocycles. The number of nitrogens with zero attached hydrogens (tertiary/aromatic N) is 10. The molecule has 4 aromatic heterocycles. The van der Waals surface area contributed by atoms with E-state index in [1.807, 2.05) is 44.0 Å². The van der Waals surface area contributed by atoms with Gasteiger partial charge >= 0.3 is 0 Å². The van der Waals surface area contributed by atoms with E-state index in [1.54, 1.807) is 10.7 Å². The van der Waals surface area contributed by atoms with Crippen molar-refractivity contribution in [1.29, 1.82) is 5.26 Å². The van der Waals surface area contributed by atoms with Gasteiger partial charge in [0, 0.05) is 30.4 Å². The molecule has 4 rings (SSSR count). The lowest BCUT2D eigenvalue weighted by atomic mass is 10.1. The molecule has 11 heteroatoms. The minimum absolute atomic E-state index is 0.294. The first-order chi connectivity index (χ1) is 15.0. The zero-order valence-corrected chi connectivity index (χ0v) is 17.6. The normalized spacial score (nSPS) is 12.7. The Labute approximate surface area is 179 Å². The van der Waals surface area contributed by atoms with Crippen molar-refractivity contribution < 1.29 is 0 Å². The van der Waals surface area contributed by atoms with Gasteiger partial charge in [0.15, 0.2) is 11.5 Å². The molecule has 0 saturated heterocycles. The largest absolute Gasteiger partial charge is 0.303 e. The van der Waals surface area contributed by atoms with E-state index in [0.29, 0.717) is 17.0 Å². The van der Waals surface area contributed by atoms with Crippen molar-refractivity contribution in [3.63, 3.8) is 0 Å². The van der Waals surface area contributed by atoms with E-state index in [2.05, 4.69) is 47.0 Å². The van der Waals surface area contributed by atoms with E-state index >= 15 is 0 Å². The molecule has 0 aliphatic carbocycles. The summed E-state index contributed by atoms with van der Waals surface area (Å²) in [6, 6.07) is 1.81. The summed E-state index contributed by atoms with van der Waals surface area (Å²) in [7, 11) is 0. The number of nitrogens with one attached hydrogen (secondary N) is 1. The number of nitriles is 1. The summed E-state index contributed by atoms with van der Waals surface area (Å²) in [6.07, 6.45) is 12.0. The fraction of sp³-hybridized carbons (Fsp3) is 0.400. The molecule has 31 heavy (non-hydrogen) atoms. The summed E-state index contributed by atoms with van der Waals surface area (Å²) in [4.78, 5) is 12.6. The van der Waals surface area contributed by atoms with E-state index in [9.17, 15) is 5.26 Å². The molecule has 0 fully saturated rings. The summed E-state index contributed by atoms with van der Waals surface area (Å²) in [5.74, 6) is 0.685. The van der Waals surface area contributed by atoms with E-state index in [-0.39, 0.29) is 11.6 Å². The smallest absolute Gasteiger partial charge is 0.173 e. The van der Waals surface area contributed by atoms with Gasteiger partial charge in [0.1, 0.15) is 18.0 Å². The Morgan fingerprint density at radius 2 is 1.97 bits per heavy atom. The van der Waals surface area contributed by atoms with Gasteiger partial charge in [-0.15, -0.1) is 5.10 Å². The fourth-order valence-electron chi connectivity index (χ4n) is 3.33. The van der Waals surface area contributed by atoms with Crippen molar-refractivity contribution in [3.05, 3.63) is 59.8 Å². The molecule has 1 N–H and O–H groups in total.